The summed E-state index contributed by atoms with van der Waals surface area (Å²) < 4.78 is 0. The van der Waals surface area contributed by atoms with E-state index in [9.17, 15) is 0 Å². The summed E-state index contributed by atoms with van der Waals surface area (Å²) in [5.41, 5.74) is 4.53. The number of rotatable bonds is 5. The number of fused-ring (bicyclic) bond motifs is 1. The molecule has 0 spiro atoms. The van der Waals surface area contributed by atoms with Gasteiger partial charge in [-0.1, -0.05) is 31.9 Å². The largest absolute Gasteiger partial charge is 0.371 e. The molecule has 3 rings (SSSR count). The molecular weight excluding hydrogens is 256 g/mol. The third kappa shape index (κ3) is 3.42. The standard InChI is InChI=1S/C19H30N2/c1-3-20-15(2)17-10-11-19-18(13-17)9-6-12-21(19)14-16-7-4-5-8-16/h10-11,13,15-16,20H,3-9,12,14H2,1-2H3. The fraction of sp³-hybridized carbons (Fsp3) is 0.684. The lowest BCUT2D eigenvalue weighted by Crippen LogP contribution is -2.33. The first kappa shape index (κ1) is 14.9. The highest BCUT2D eigenvalue weighted by atomic mass is 15.1. The average molecular weight is 286 g/mol. The van der Waals surface area contributed by atoms with E-state index in [1.54, 1.807) is 5.56 Å². The zero-order valence-electron chi connectivity index (χ0n) is 13.7. The highest BCUT2D eigenvalue weighted by molar-refractivity contribution is 5.57. The van der Waals surface area contributed by atoms with Crippen molar-refractivity contribution in [3.63, 3.8) is 0 Å². The molecule has 0 aromatic heterocycles. The second-order valence-corrected chi connectivity index (χ2v) is 6.87. The SMILES string of the molecule is CCNC(C)c1ccc2c(c1)CCCN2CC1CCCC1. The Balaban J connectivity index is 1.75. The Hall–Kier alpha value is -1.02. The molecule has 2 nitrogen and oxygen atoms in total. The van der Waals surface area contributed by atoms with Gasteiger partial charge < -0.3 is 10.2 Å². The predicted molar refractivity (Wildman–Crippen MR) is 91.0 cm³/mol. The van der Waals surface area contributed by atoms with Gasteiger partial charge in [-0.2, -0.15) is 0 Å². The summed E-state index contributed by atoms with van der Waals surface area (Å²) in [5, 5.41) is 3.52. The van der Waals surface area contributed by atoms with Gasteiger partial charge in [0.1, 0.15) is 0 Å². The lowest BCUT2D eigenvalue weighted by molar-refractivity contribution is 0.518. The van der Waals surface area contributed by atoms with E-state index in [-0.39, 0.29) is 0 Å². The Labute approximate surface area is 129 Å². The van der Waals surface area contributed by atoms with Crippen molar-refractivity contribution in [3.05, 3.63) is 29.3 Å². The monoisotopic (exact) mass is 286 g/mol. The van der Waals surface area contributed by atoms with Gasteiger partial charge in [-0.25, -0.2) is 0 Å². The molecule has 1 atom stereocenters. The second kappa shape index (κ2) is 6.83. The third-order valence-corrected chi connectivity index (χ3v) is 5.28. The second-order valence-electron chi connectivity index (χ2n) is 6.87. The zero-order valence-corrected chi connectivity index (χ0v) is 13.7. The first-order valence-corrected chi connectivity index (χ1v) is 8.89. The van der Waals surface area contributed by atoms with E-state index in [1.165, 1.54) is 62.9 Å². The highest BCUT2D eigenvalue weighted by Crippen LogP contribution is 2.33. The van der Waals surface area contributed by atoms with E-state index < -0.39 is 0 Å². The molecule has 0 bridgehead atoms. The van der Waals surface area contributed by atoms with Gasteiger partial charge in [0.05, 0.1) is 0 Å². The first-order valence-electron chi connectivity index (χ1n) is 8.89. The molecule has 1 unspecified atom stereocenters. The molecule has 1 N–H and O–H groups in total. The van der Waals surface area contributed by atoms with Crippen molar-refractivity contribution in [2.24, 2.45) is 5.92 Å². The number of nitrogens with zero attached hydrogens (tertiary/aromatic N) is 1. The normalized spacial score (nSPS) is 20.6. The van der Waals surface area contributed by atoms with E-state index in [0.29, 0.717) is 6.04 Å². The molecule has 21 heavy (non-hydrogen) atoms. The molecule has 1 aliphatic carbocycles. The Morgan fingerprint density at radius 3 is 2.81 bits per heavy atom. The van der Waals surface area contributed by atoms with Gasteiger partial charge in [-0.15, -0.1) is 0 Å². The van der Waals surface area contributed by atoms with Crippen molar-refractivity contribution in [3.8, 4) is 0 Å². The van der Waals surface area contributed by atoms with Crippen molar-refractivity contribution in [2.45, 2.75) is 58.4 Å². The number of benzene rings is 1. The maximum absolute atomic E-state index is 3.52. The van der Waals surface area contributed by atoms with Crippen LogP contribution in [0.1, 0.15) is 63.1 Å². The Bertz CT molecular complexity index is 463. The van der Waals surface area contributed by atoms with Crippen LogP contribution in [0.25, 0.3) is 0 Å². The van der Waals surface area contributed by atoms with Crippen molar-refractivity contribution < 1.29 is 0 Å². The third-order valence-electron chi connectivity index (χ3n) is 5.28. The molecule has 1 aliphatic heterocycles. The zero-order chi connectivity index (χ0) is 14.7. The van der Waals surface area contributed by atoms with Crippen LogP contribution in [0.15, 0.2) is 18.2 Å². The fourth-order valence-electron chi connectivity index (χ4n) is 4.08. The van der Waals surface area contributed by atoms with E-state index in [1.807, 2.05) is 0 Å². The van der Waals surface area contributed by atoms with Gasteiger partial charge in [-0.3, -0.25) is 0 Å². The highest BCUT2D eigenvalue weighted by Gasteiger charge is 2.23. The maximum atomic E-state index is 3.52. The molecular formula is C19H30N2. The van der Waals surface area contributed by atoms with Crippen LogP contribution in [-0.4, -0.2) is 19.6 Å². The van der Waals surface area contributed by atoms with Gasteiger partial charge in [-0.05, 0) is 62.3 Å². The number of anilines is 1. The number of hydrogen-bond acceptors (Lipinski definition) is 2. The Kier molecular flexibility index (Phi) is 4.84. The molecule has 0 saturated heterocycles. The summed E-state index contributed by atoms with van der Waals surface area (Å²) in [5.74, 6) is 0.941. The molecule has 1 saturated carbocycles. The van der Waals surface area contributed by atoms with Gasteiger partial charge >= 0.3 is 0 Å². The molecule has 116 valence electrons. The van der Waals surface area contributed by atoms with E-state index in [4.69, 9.17) is 0 Å². The molecule has 0 amide bonds. The molecule has 1 aromatic carbocycles. The first-order chi connectivity index (χ1) is 10.3. The van der Waals surface area contributed by atoms with Crippen LogP contribution in [0, 0.1) is 5.92 Å². The predicted octanol–water partition coefficient (Wildman–Crippen LogP) is 4.30. The summed E-state index contributed by atoms with van der Waals surface area (Å²) >= 11 is 0. The fourth-order valence-corrected chi connectivity index (χ4v) is 4.08. The number of nitrogens with one attached hydrogen (secondary N) is 1. The summed E-state index contributed by atoms with van der Waals surface area (Å²) in [6.07, 6.45) is 8.36. The van der Waals surface area contributed by atoms with Crippen LogP contribution in [0.5, 0.6) is 0 Å². The van der Waals surface area contributed by atoms with E-state index in [0.717, 1.165) is 12.5 Å². The summed E-state index contributed by atoms with van der Waals surface area (Å²) in [4.78, 5) is 2.66. The summed E-state index contributed by atoms with van der Waals surface area (Å²) in [6, 6.07) is 7.63. The Morgan fingerprint density at radius 1 is 1.24 bits per heavy atom. The summed E-state index contributed by atoms with van der Waals surface area (Å²) in [6.45, 7) is 8.02. The van der Waals surface area contributed by atoms with Crippen LogP contribution in [-0.2, 0) is 6.42 Å². The molecule has 2 heteroatoms. The van der Waals surface area contributed by atoms with E-state index in [2.05, 4.69) is 42.3 Å². The molecule has 1 aromatic rings. The topological polar surface area (TPSA) is 15.3 Å². The summed E-state index contributed by atoms with van der Waals surface area (Å²) in [7, 11) is 0. The van der Waals surface area contributed by atoms with Crippen molar-refractivity contribution in [1.82, 2.24) is 5.32 Å². The maximum Gasteiger partial charge on any atom is 0.0399 e. The van der Waals surface area contributed by atoms with Crippen LogP contribution in [0.2, 0.25) is 0 Å². The van der Waals surface area contributed by atoms with Crippen molar-refractivity contribution in [1.29, 1.82) is 0 Å². The Morgan fingerprint density at radius 2 is 2.05 bits per heavy atom. The minimum Gasteiger partial charge on any atom is -0.371 e. The lowest BCUT2D eigenvalue weighted by atomic mass is 9.95. The smallest absolute Gasteiger partial charge is 0.0399 e. The van der Waals surface area contributed by atoms with Gasteiger partial charge in [0.15, 0.2) is 0 Å². The number of aryl methyl sites for hydroxylation is 1. The lowest BCUT2D eigenvalue weighted by Gasteiger charge is -2.34. The van der Waals surface area contributed by atoms with Crippen LogP contribution < -0.4 is 10.2 Å². The van der Waals surface area contributed by atoms with Gasteiger partial charge in [0.2, 0.25) is 0 Å². The minimum atomic E-state index is 0.463. The van der Waals surface area contributed by atoms with Crippen LogP contribution >= 0.6 is 0 Å². The van der Waals surface area contributed by atoms with Crippen molar-refractivity contribution in [2.75, 3.05) is 24.5 Å². The molecule has 0 radical (unpaired) electrons. The quantitative estimate of drug-likeness (QED) is 0.868. The number of hydrogen-bond donors (Lipinski definition) is 1. The van der Waals surface area contributed by atoms with Gasteiger partial charge in [0, 0.05) is 24.8 Å². The van der Waals surface area contributed by atoms with Crippen LogP contribution in [0.3, 0.4) is 0 Å². The molecule has 1 heterocycles. The minimum absolute atomic E-state index is 0.463. The average Bonchev–Trinajstić information content (AvgIpc) is 3.00. The van der Waals surface area contributed by atoms with Crippen molar-refractivity contribution >= 4 is 5.69 Å². The molecule has 2 aliphatic rings. The molecule has 1 fully saturated rings. The van der Waals surface area contributed by atoms with E-state index >= 15 is 0 Å². The van der Waals surface area contributed by atoms with Gasteiger partial charge in [0.25, 0.3) is 0 Å². The van der Waals surface area contributed by atoms with Crippen LogP contribution in [0.4, 0.5) is 5.69 Å².